The number of aromatic amines is 1. The molecule has 5 nitrogen and oxygen atoms in total. The summed E-state index contributed by atoms with van der Waals surface area (Å²) in [7, 11) is 0. The number of esters is 1. The number of fused-ring (bicyclic) bond motifs is 1. The lowest BCUT2D eigenvalue weighted by Gasteiger charge is -2.13. The molecule has 1 aromatic heterocycles. The van der Waals surface area contributed by atoms with Crippen LogP contribution in [0.15, 0.2) is 40.9 Å². The van der Waals surface area contributed by atoms with Crippen molar-refractivity contribution in [2.24, 2.45) is 0 Å². The van der Waals surface area contributed by atoms with Gasteiger partial charge in [-0.05, 0) is 47.1 Å². The smallest absolute Gasteiger partial charge is 0.308 e. The van der Waals surface area contributed by atoms with E-state index in [1.807, 2.05) is 43.3 Å². The molecule has 0 amide bonds. The van der Waals surface area contributed by atoms with Gasteiger partial charge in [-0.15, -0.1) is 0 Å². The van der Waals surface area contributed by atoms with Gasteiger partial charge in [-0.1, -0.05) is 12.1 Å². The van der Waals surface area contributed by atoms with Crippen LogP contribution in [0.3, 0.4) is 0 Å². The minimum atomic E-state index is -0.400. The summed E-state index contributed by atoms with van der Waals surface area (Å²) < 4.78 is 11.5. The first kappa shape index (κ1) is 15.6. The van der Waals surface area contributed by atoms with Gasteiger partial charge in [-0.3, -0.25) is 4.79 Å². The molecule has 0 spiro atoms. The fraction of sp³-hybridized carbons (Fsp3) is 0.176. The van der Waals surface area contributed by atoms with Crippen molar-refractivity contribution in [1.29, 1.82) is 0 Å². The molecule has 0 aliphatic carbocycles. The zero-order valence-electron chi connectivity index (χ0n) is 12.7. The molecule has 2 aromatic carbocycles. The number of H-pyrrole nitrogens is 1. The standard InChI is InChI=1S/C17H15BrN2O3/c1-3-22-15-9-11(8-12(18)16(15)23-10(2)21)17-19-13-6-4-5-7-14(13)20-17/h4-9H,3H2,1-2H3,(H,19,20). The highest BCUT2D eigenvalue weighted by molar-refractivity contribution is 9.10. The van der Waals surface area contributed by atoms with E-state index in [2.05, 4.69) is 25.9 Å². The Labute approximate surface area is 141 Å². The number of imidazole rings is 1. The number of halogens is 1. The average molecular weight is 375 g/mol. The number of hydrogen-bond donors (Lipinski definition) is 1. The summed E-state index contributed by atoms with van der Waals surface area (Å²) in [6.45, 7) is 3.69. The lowest BCUT2D eigenvalue weighted by atomic mass is 10.2. The highest BCUT2D eigenvalue weighted by atomic mass is 79.9. The zero-order chi connectivity index (χ0) is 16.4. The first-order valence-electron chi connectivity index (χ1n) is 7.18. The average Bonchev–Trinajstić information content (AvgIpc) is 2.94. The molecule has 0 aliphatic rings. The largest absolute Gasteiger partial charge is 0.490 e. The van der Waals surface area contributed by atoms with Gasteiger partial charge in [-0.25, -0.2) is 4.98 Å². The van der Waals surface area contributed by atoms with Gasteiger partial charge in [0.1, 0.15) is 5.82 Å². The van der Waals surface area contributed by atoms with E-state index < -0.39 is 5.97 Å². The normalized spacial score (nSPS) is 10.7. The van der Waals surface area contributed by atoms with Crippen LogP contribution in [0, 0.1) is 0 Å². The van der Waals surface area contributed by atoms with Crippen LogP contribution in [0.4, 0.5) is 0 Å². The number of hydrogen-bond acceptors (Lipinski definition) is 4. The molecule has 3 aromatic rings. The Morgan fingerprint density at radius 1 is 1.30 bits per heavy atom. The summed E-state index contributed by atoms with van der Waals surface area (Å²) in [5, 5.41) is 0. The molecular formula is C17H15BrN2O3. The molecule has 23 heavy (non-hydrogen) atoms. The van der Waals surface area contributed by atoms with E-state index >= 15 is 0 Å². The van der Waals surface area contributed by atoms with Gasteiger partial charge in [0, 0.05) is 12.5 Å². The zero-order valence-corrected chi connectivity index (χ0v) is 14.3. The topological polar surface area (TPSA) is 64.2 Å². The summed E-state index contributed by atoms with van der Waals surface area (Å²) in [4.78, 5) is 19.1. The minimum Gasteiger partial charge on any atom is -0.490 e. The Hall–Kier alpha value is -2.34. The molecule has 0 saturated heterocycles. The molecule has 0 aliphatic heterocycles. The van der Waals surface area contributed by atoms with Gasteiger partial charge in [0.25, 0.3) is 0 Å². The third-order valence-corrected chi connectivity index (χ3v) is 3.81. The maximum Gasteiger partial charge on any atom is 0.308 e. The number of benzene rings is 2. The number of ether oxygens (including phenoxy) is 2. The van der Waals surface area contributed by atoms with Crippen molar-refractivity contribution in [3.63, 3.8) is 0 Å². The number of nitrogens with one attached hydrogen (secondary N) is 1. The summed E-state index contributed by atoms with van der Waals surface area (Å²) in [6.07, 6.45) is 0. The van der Waals surface area contributed by atoms with Crippen molar-refractivity contribution in [1.82, 2.24) is 9.97 Å². The molecule has 1 heterocycles. The molecule has 0 atom stereocenters. The Kier molecular flexibility index (Phi) is 4.34. The monoisotopic (exact) mass is 374 g/mol. The Bertz CT molecular complexity index is 840. The number of para-hydroxylation sites is 2. The molecule has 0 saturated carbocycles. The molecule has 0 radical (unpaired) electrons. The molecule has 0 bridgehead atoms. The minimum absolute atomic E-state index is 0.374. The highest BCUT2D eigenvalue weighted by Crippen LogP contribution is 2.39. The molecule has 118 valence electrons. The van der Waals surface area contributed by atoms with Crippen LogP contribution < -0.4 is 9.47 Å². The van der Waals surface area contributed by atoms with Gasteiger partial charge in [0.15, 0.2) is 11.5 Å². The fourth-order valence-corrected chi connectivity index (χ4v) is 2.82. The molecule has 0 fully saturated rings. The van der Waals surface area contributed by atoms with E-state index in [9.17, 15) is 4.79 Å². The Morgan fingerprint density at radius 3 is 2.78 bits per heavy atom. The third-order valence-electron chi connectivity index (χ3n) is 3.22. The summed E-state index contributed by atoms with van der Waals surface area (Å²) >= 11 is 3.44. The molecule has 6 heteroatoms. The lowest BCUT2D eigenvalue weighted by Crippen LogP contribution is -2.05. The van der Waals surface area contributed by atoms with Gasteiger partial charge < -0.3 is 14.5 Å². The predicted octanol–water partition coefficient (Wildman–Crippen LogP) is 4.32. The summed E-state index contributed by atoms with van der Waals surface area (Å²) in [5.41, 5.74) is 2.69. The maximum atomic E-state index is 11.3. The van der Waals surface area contributed by atoms with Crippen molar-refractivity contribution >= 4 is 32.9 Å². The number of aromatic nitrogens is 2. The van der Waals surface area contributed by atoms with Crippen LogP contribution in [0.5, 0.6) is 11.5 Å². The van der Waals surface area contributed by atoms with Crippen LogP contribution >= 0.6 is 15.9 Å². The van der Waals surface area contributed by atoms with E-state index in [1.165, 1.54) is 6.92 Å². The number of nitrogens with zero attached hydrogens (tertiary/aromatic N) is 1. The van der Waals surface area contributed by atoms with Gasteiger partial charge in [-0.2, -0.15) is 0 Å². The first-order valence-corrected chi connectivity index (χ1v) is 7.97. The van der Waals surface area contributed by atoms with Gasteiger partial charge >= 0.3 is 5.97 Å². The van der Waals surface area contributed by atoms with Crippen LogP contribution in [-0.2, 0) is 4.79 Å². The molecular weight excluding hydrogens is 360 g/mol. The fourth-order valence-electron chi connectivity index (χ4n) is 2.30. The quantitative estimate of drug-likeness (QED) is 0.545. The Balaban J connectivity index is 2.10. The maximum absolute atomic E-state index is 11.3. The first-order chi connectivity index (χ1) is 11.1. The van der Waals surface area contributed by atoms with Crippen molar-refractivity contribution in [2.75, 3.05) is 6.61 Å². The van der Waals surface area contributed by atoms with Crippen LogP contribution in [0.2, 0.25) is 0 Å². The van der Waals surface area contributed by atoms with E-state index in [0.717, 1.165) is 22.4 Å². The number of rotatable bonds is 4. The van der Waals surface area contributed by atoms with E-state index in [0.29, 0.717) is 22.6 Å². The van der Waals surface area contributed by atoms with Gasteiger partial charge in [0.05, 0.1) is 22.1 Å². The second-order valence-electron chi connectivity index (χ2n) is 4.91. The van der Waals surface area contributed by atoms with E-state index in [-0.39, 0.29) is 0 Å². The summed E-state index contributed by atoms with van der Waals surface area (Å²) in [5.74, 6) is 1.19. The summed E-state index contributed by atoms with van der Waals surface area (Å²) in [6, 6.07) is 11.5. The highest BCUT2D eigenvalue weighted by Gasteiger charge is 2.16. The molecule has 1 N–H and O–H groups in total. The lowest BCUT2D eigenvalue weighted by molar-refractivity contribution is -0.132. The van der Waals surface area contributed by atoms with Crippen LogP contribution in [-0.4, -0.2) is 22.5 Å². The second-order valence-corrected chi connectivity index (χ2v) is 5.77. The van der Waals surface area contributed by atoms with Crippen molar-refractivity contribution in [3.05, 3.63) is 40.9 Å². The van der Waals surface area contributed by atoms with Crippen LogP contribution in [0.25, 0.3) is 22.4 Å². The Morgan fingerprint density at radius 2 is 2.09 bits per heavy atom. The molecule has 0 unspecified atom stereocenters. The SMILES string of the molecule is CCOc1cc(-c2nc3ccccc3[nH]2)cc(Br)c1OC(C)=O. The van der Waals surface area contributed by atoms with Gasteiger partial charge in [0.2, 0.25) is 0 Å². The predicted molar refractivity (Wildman–Crippen MR) is 91.7 cm³/mol. The molecule has 3 rings (SSSR count). The number of carbonyl (C=O) groups excluding carboxylic acids is 1. The van der Waals surface area contributed by atoms with Crippen molar-refractivity contribution in [3.8, 4) is 22.9 Å². The number of carbonyl (C=O) groups is 1. The van der Waals surface area contributed by atoms with Crippen molar-refractivity contribution in [2.45, 2.75) is 13.8 Å². The van der Waals surface area contributed by atoms with Crippen LogP contribution in [0.1, 0.15) is 13.8 Å². The van der Waals surface area contributed by atoms with Crippen molar-refractivity contribution < 1.29 is 14.3 Å². The second kappa shape index (κ2) is 6.42. The van der Waals surface area contributed by atoms with E-state index in [4.69, 9.17) is 9.47 Å². The van der Waals surface area contributed by atoms with E-state index in [1.54, 1.807) is 0 Å². The third kappa shape index (κ3) is 3.22.